The summed E-state index contributed by atoms with van der Waals surface area (Å²) in [6.07, 6.45) is 0. The first kappa shape index (κ1) is 16.7. The highest BCUT2D eigenvalue weighted by molar-refractivity contribution is 14.1. The van der Waals surface area contributed by atoms with Crippen LogP contribution in [0.4, 0.5) is 11.4 Å². The lowest BCUT2D eigenvalue weighted by Crippen LogP contribution is -2.16. The number of nitrogens with zero attached hydrogens (tertiary/aromatic N) is 2. The maximum absolute atomic E-state index is 4.32. The molecule has 0 N–H and O–H groups in total. The van der Waals surface area contributed by atoms with E-state index in [9.17, 15) is 0 Å². The van der Waals surface area contributed by atoms with Crippen molar-refractivity contribution in [1.82, 2.24) is 0 Å². The van der Waals surface area contributed by atoms with Gasteiger partial charge in [-0.15, -0.1) is 5.54 Å². The SMILES string of the molecule is C[Si](C)(C)C#Cc1ccccc1N=C=Nc1ccc(I)cc1. The summed E-state index contributed by atoms with van der Waals surface area (Å²) in [5.41, 5.74) is 5.94. The van der Waals surface area contributed by atoms with E-state index in [1.807, 2.05) is 48.5 Å². The lowest BCUT2D eigenvalue weighted by atomic mass is 10.2. The molecule has 0 saturated carbocycles. The molecule has 0 spiro atoms. The van der Waals surface area contributed by atoms with E-state index in [1.54, 1.807) is 0 Å². The van der Waals surface area contributed by atoms with E-state index in [0.717, 1.165) is 16.9 Å². The number of benzene rings is 2. The summed E-state index contributed by atoms with van der Waals surface area (Å²) in [5, 5.41) is 0. The Hall–Kier alpha value is -1.67. The Bertz CT molecular complexity index is 771. The minimum Gasteiger partial charge on any atom is -0.188 e. The smallest absolute Gasteiger partial charge is 0.129 e. The van der Waals surface area contributed by atoms with Crippen molar-refractivity contribution in [3.8, 4) is 11.5 Å². The highest BCUT2D eigenvalue weighted by Crippen LogP contribution is 2.18. The van der Waals surface area contributed by atoms with Gasteiger partial charge >= 0.3 is 0 Å². The van der Waals surface area contributed by atoms with E-state index in [0.29, 0.717) is 0 Å². The molecule has 0 radical (unpaired) electrons. The Morgan fingerprint density at radius 3 is 2.27 bits per heavy atom. The van der Waals surface area contributed by atoms with Crippen LogP contribution in [0.5, 0.6) is 0 Å². The highest BCUT2D eigenvalue weighted by Gasteiger charge is 2.07. The average molecular weight is 416 g/mol. The average Bonchev–Trinajstić information content (AvgIpc) is 2.47. The molecule has 2 nitrogen and oxygen atoms in total. The minimum atomic E-state index is -1.40. The van der Waals surface area contributed by atoms with Crippen molar-refractivity contribution in [2.24, 2.45) is 9.98 Å². The molecule has 0 unspecified atom stereocenters. The molecule has 0 aliphatic heterocycles. The summed E-state index contributed by atoms with van der Waals surface area (Å²) < 4.78 is 1.18. The third-order valence-electron chi connectivity index (χ3n) is 2.65. The third-order valence-corrected chi connectivity index (χ3v) is 4.25. The van der Waals surface area contributed by atoms with Crippen LogP contribution in [0.2, 0.25) is 19.6 Å². The normalized spacial score (nSPS) is 10.2. The Labute approximate surface area is 146 Å². The molecule has 110 valence electrons. The molecule has 0 bridgehead atoms. The molecule has 2 rings (SSSR count). The molecule has 0 fully saturated rings. The van der Waals surface area contributed by atoms with Crippen molar-refractivity contribution in [3.63, 3.8) is 0 Å². The van der Waals surface area contributed by atoms with Gasteiger partial charge in [0.25, 0.3) is 0 Å². The predicted octanol–water partition coefficient (Wildman–Crippen LogP) is 5.66. The fraction of sp³-hybridized carbons (Fsp3) is 0.167. The van der Waals surface area contributed by atoms with Gasteiger partial charge in [-0.05, 0) is 59.0 Å². The Balaban J connectivity index is 2.27. The van der Waals surface area contributed by atoms with E-state index < -0.39 is 8.07 Å². The number of hydrogen-bond donors (Lipinski definition) is 0. The first-order chi connectivity index (χ1) is 10.4. The van der Waals surface area contributed by atoms with Gasteiger partial charge in [-0.2, -0.15) is 9.98 Å². The summed E-state index contributed by atoms with van der Waals surface area (Å²) in [6, 6.07) is 18.5. The van der Waals surface area contributed by atoms with Crippen molar-refractivity contribution >= 4 is 48.0 Å². The molecule has 2 aromatic rings. The molecule has 4 heteroatoms. The second kappa shape index (κ2) is 7.55. The zero-order valence-corrected chi connectivity index (χ0v) is 16.0. The fourth-order valence-electron chi connectivity index (χ4n) is 1.58. The van der Waals surface area contributed by atoms with E-state index in [1.165, 1.54) is 3.57 Å². The van der Waals surface area contributed by atoms with Crippen LogP contribution in [0.1, 0.15) is 5.56 Å². The number of para-hydroxylation sites is 1. The lowest BCUT2D eigenvalue weighted by Gasteiger charge is -2.03. The Morgan fingerprint density at radius 2 is 1.59 bits per heavy atom. The Kier molecular flexibility index (Phi) is 5.73. The molecule has 22 heavy (non-hydrogen) atoms. The first-order valence-corrected chi connectivity index (χ1v) is 11.6. The number of aliphatic imine (C=N–C) groups is 2. The van der Waals surface area contributed by atoms with Crippen molar-refractivity contribution in [2.75, 3.05) is 0 Å². The lowest BCUT2D eigenvalue weighted by molar-refractivity contribution is 1.47. The molecule has 2 aromatic carbocycles. The number of halogens is 1. The van der Waals surface area contributed by atoms with E-state index in [4.69, 9.17) is 0 Å². The van der Waals surface area contributed by atoms with Crippen molar-refractivity contribution in [1.29, 1.82) is 0 Å². The van der Waals surface area contributed by atoms with Crippen molar-refractivity contribution < 1.29 is 0 Å². The van der Waals surface area contributed by atoms with Gasteiger partial charge in [0.15, 0.2) is 0 Å². The number of rotatable bonds is 2. The highest BCUT2D eigenvalue weighted by atomic mass is 127. The molecule has 0 atom stereocenters. The predicted molar refractivity (Wildman–Crippen MR) is 105 cm³/mol. The van der Waals surface area contributed by atoms with Gasteiger partial charge in [0, 0.05) is 3.57 Å². The standard InChI is InChI=1S/C18H17IN2Si/c1-22(2,3)13-12-15-6-4-5-7-18(15)21-14-20-17-10-8-16(19)9-11-17/h4-11H,1-3H3. The van der Waals surface area contributed by atoms with Gasteiger partial charge in [0.05, 0.1) is 16.9 Å². The van der Waals surface area contributed by atoms with Crippen LogP contribution in [0.15, 0.2) is 58.5 Å². The van der Waals surface area contributed by atoms with Gasteiger partial charge in [0.2, 0.25) is 0 Å². The van der Waals surface area contributed by atoms with Crippen LogP contribution < -0.4 is 0 Å². The molecule has 0 saturated heterocycles. The van der Waals surface area contributed by atoms with Gasteiger partial charge < -0.3 is 0 Å². The van der Waals surface area contributed by atoms with Crippen LogP contribution in [0.3, 0.4) is 0 Å². The van der Waals surface area contributed by atoms with Crippen LogP contribution in [0.25, 0.3) is 0 Å². The zero-order valence-electron chi connectivity index (χ0n) is 12.9. The quantitative estimate of drug-likeness (QED) is 0.261. The second-order valence-corrected chi connectivity index (χ2v) is 11.8. The minimum absolute atomic E-state index is 0.808. The van der Waals surface area contributed by atoms with Gasteiger partial charge in [-0.25, -0.2) is 0 Å². The summed E-state index contributed by atoms with van der Waals surface area (Å²) in [6.45, 7) is 6.68. The summed E-state index contributed by atoms with van der Waals surface area (Å²) in [5.74, 6) is 3.24. The van der Waals surface area contributed by atoms with Gasteiger partial charge in [0.1, 0.15) is 14.1 Å². The fourth-order valence-corrected chi connectivity index (χ4v) is 2.45. The van der Waals surface area contributed by atoms with Gasteiger partial charge in [-0.1, -0.05) is 37.7 Å². The topological polar surface area (TPSA) is 24.7 Å². The Morgan fingerprint density at radius 1 is 0.909 bits per heavy atom. The maximum atomic E-state index is 4.32. The van der Waals surface area contributed by atoms with E-state index in [-0.39, 0.29) is 0 Å². The monoisotopic (exact) mass is 416 g/mol. The third kappa shape index (κ3) is 5.61. The molecular weight excluding hydrogens is 399 g/mol. The summed E-state index contributed by atoms with van der Waals surface area (Å²) in [4.78, 5) is 8.55. The molecular formula is C18H17IN2Si. The summed E-state index contributed by atoms with van der Waals surface area (Å²) in [7, 11) is -1.40. The zero-order chi connectivity index (χ0) is 16.0. The van der Waals surface area contributed by atoms with E-state index in [2.05, 4.69) is 69.7 Å². The van der Waals surface area contributed by atoms with Crippen LogP contribution in [-0.4, -0.2) is 14.1 Å². The maximum Gasteiger partial charge on any atom is 0.129 e. The van der Waals surface area contributed by atoms with Crippen LogP contribution in [0, 0.1) is 15.0 Å². The van der Waals surface area contributed by atoms with Crippen molar-refractivity contribution in [3.05, 3.63) is 57.7 Å². The first-order valence-electron chi connectivity index (χ1n) is 6.98. The van der Waals surface area contributed by atoms with Gasteiger partial charge in [-0.3, -0.25) is 0 Å². The largest absolute Gasteiger partial charge is 0.188 e. The van der Waals surface area contributed by atoms with Crippen LogP contribution in [-0.2, 0) is 0 Å². The van der Waals surface area contributed by atoms with Crippen molar-refractivity contribution in [2.45, 2.75) is 19.6 Å². The second-order valence-electron chi connectivity index (χ2n) is 5.82. The molecule has 0 amide bonds. The molecule has 0 heterocycles. The molecule has 0 aliphatic rings. The molecule has 0 aliphatic carbocycles. The summed E-state index contributed by atoms with van der Waals surface area (Å²) >= 11 is 2.27. The molecule has 0 aromatic heterocycles. The van der Waals surface area contributed by atoms with Crippen LogP contribution >= 0.6 is 22.6 Å². The van der Waals surface area contributed by atoms with E-state index >= 15 is 0 Å². The number of hydrogen-bond acceptors (Lipinski definition) is 2.